The molecule has 94 valence electrons. The molecule has 0 saturated heterocycles. The predicted octanol–water partition coefficient (Wildman–Crippen LogP) is 5.29. The van der Waals surface area contributed by atoms with E-state index in [0.29, 0.717) is 0 Å². The molecule has 0 aliphatic rings. The lowest BCUT2D eigenvalue weighted by atomic mass is 10.1. The Kier molecular flexibility index (Phi) is 3.98. The van der Waals surface area contributed by atoms with Crippen molar-refractivity contribution < 1.29 is 0 Å². The van der Waals surface area contributed by atoms with Crippen LogP contribution in [0.3, 0.4) is 0 Å². The molecule has 18 heavy (non-hydrogen) atoms. The Morgan fingerprint density at radius 1 is 1.06 bits per heavy atom. The summed E-state index contributed by atoms with van der Waals surface area (Å²) in [6.07, 6.45) is 1.79. The first-order chi connectivity index (χ1) is 8.47. The van der Waals surface area contributed by atoms with E-state index in [-0.39, 0.29) is 4.75 Å². The van der Waals surface area contributed by atoms with Crippen LogP contribution in [0.25, 0.3) is 11.3 Å². The average Bonchev–Trinajstić information content (AvgIpc) is 2.31. The lowest BCUT2D eigenvalue weighted by molar-refractivity contribution is 0.803. The zero-order chi connectivity index (χ0) is 13.2. The number of thioether (sulfide) groups is 1. The summed E-state index contributed by atoms with van der Waals surface area (Å²) in [5.74, 6) is 0. The molecule has 0 bridgehead atoms. The van der Waals surface area contributed by atoms with Crippen molar-refractivity contribution in [3.63, 3.8) is 0 Å². The van der Waals surface area contributed by atoms with Gasteiger partial charge in [-0.2, -0.15) is 0 Å². The normalized spacial score (nSPS) is 11.6. The molecule has 1 nitrogen and oxygen atoms in total. The highest BCUT2D eigenvalue weighted by Crippen LogP contribution is 2.40. The van der Waals surface area contributed by atoms with Crippen LogP contribution in [0.4, 0.5) is 0 Å². The third kappa shape index (κ3) is 3.27. The van der Waals surface area contributed by atoms with Crippen molar-refractivity contribution in [3.05, 3.63) is 47.6 Å². The molecule has 0 amide bonds. The van der Waals surface area contributed by atoms with Gasteiger partial charge in [-0.25, -0.2) is 0 Å². The summed E-state index contributed by atoms with van der Waals surface area (Å²) in [7, 11) is 0. The van der Waals surface area contributed by atoms with E-state index in [1.807, 2.05) is 30.3 Å². The van der Waals surface area contributed by atoms with Crippen molar-refractivity contribution in [1.29, 1.82) is 0 Å². The van der Waals surface area contributed by atoms with Gasteiger partial charge in [0.05, 0.1) is 10.7 Å². The fourth-order valence-corrected chi connectivity index (χ4v) is 2.98. The van der Waals surface area contributed by atoms with E-state index in [0.717, 1.165) is 21.2 Å². The maximum absolute atomic E-state index is 6.49. The Hall–Kier alpha value is -0.990. The van der Waals surface area contributed by atoms with E-state index >= 15 is 0 Å². The first kappa shape index (κ1) is 13.4. The van der Waals surface area contributed by atoms with Crippen LogP contribution in [0.15, 0.2) is 47.5 Å². The lowest BCUT2D eigenvalue weighted by Gasteiger charge is -2.19. The molecule has 0 atom stereocenters. The second-order valence-corrected chi connectivity index (χ2v) is 7.29. The molecule has 1 aromatic heterocycles. The molecule has 3 heteroatoms. The Bertz CT molecular complexity index is 532. The van der Waals surface area contributed by atoms with Gasteiger partial charge in [-0.1, -0.05) is 50.6 Å². The molecule has 0 radical (unpaired) electrons. The molecule has 2 aromatic rings. The van der Waals surface area contributed by atoms with Gasteiger partial charge >= 0.3 is 0 Å². The number of aromatic nitrogens is 1. The summed E-state index contributed by atoms with van der Waals surface area (Å²) >= 11 is 8.27. The highest BCUT2D eigenvalue weighted by atomic mass is 35.5. The quantitative estimate of drug-likeness (QED) is 0.692. The van der Waals surface area contributed by atoms with Crippen LogP contribution >= 0.6 is 23.4 Å². The summed E-state index contributed by atoms with van der Waals surface area (Å²) in [5.41, 5.74) is 1.91. The Balaban J connectivity index is 2.43. The van der Waals surface area contributed by atoms with Crippen molar-refractivity contribution in [3.8, 4) is 11.3 Å². The largest absolute Gasteiger partial charge is 0.256 e. The van der Waals surface area contributed by atoms with Crippen molar-refractivity contribution in [2.24, 2.45) is 0 Å². The number of halogens is 1. The van der Waals surface area contributed by atoms with Crippen LogP contribution in [-0.4, -0.2) is 9.73 Å². The van der Waals surface area contributed by atoms with Crippen LogP contribution in [0.1, 0.15) is 20.8 Å². The first-order valence-electron chi connectivity index (χ1n) is 5.86. The fourth-order valence-electron chi connectivity index (χ4n) is 1.64. The minimum atomic E-state index is 0.145. The Morgan fingerprint density at radius 3 is 2.44 bits per heavy atom. The van der Waals surface area contributed by atoms with Gasteiger partial charge in [0, 0.05) is 21.4 Å². The molecule has 1 aromatic carbocycles. The molecule has 0 aliphatic carbocycles. The minimum absolute atomic E-state index is 0.145. The first-order valence-corrected chi connectivity index (χ1v) is 7.06. The summed E-state index contributed by atoms with van der Waals surface area (Å²) < 4.78 is 0.145. The zero-order valence-corrected chi connectivity index (χ0v) is 12.3. The zero-order valence-electron chi connectivity index (χ0n) is 10.8. The van der Waals surface area contributed by atoms with Crippen LogP contribution in [0, 0.1) is 0 Å². The molecule has 0 spiro atoms. The summed E-state index contributed by atoms with van der Waals surface area (Å²) in [4.78, 5) is 5.46. The number of hydrogen-bond donors (Lipinski definition) is 0. The van der Waals surface area contributed by atoms with Crippen LogP contribution < -0.4 is 0 Å². The number of benzene rings is 1. The number of hydrogen-bond acceptors (Lipinski definition) is 2. The Labute approximate surface area is 118 Å². The van der Waals surface area contributed by atoms with Gasteiger partial charge in [0.15, 0.2) is 0 Å². The molecule has 2 rings (SSSR count). The predicted molar refractivity (Wildman–Crippen MR) is 80.3 cm³/mol. The molecule has 1 heterocycles. The number of rotatable bonds is 2. The van der Waals surface area contributed by atoms with Gasteiger partial charge in [-0.15, -0.1) is 11.8 Å². The van der Waals surface area contributed by atoms with Crippen LogP contribution in [-0.2, 0) is 0 Å². The molecule has 0 N–H and O–H groups in total. The molecular formula is C15H16ClNS. The Morgan fingerprint density at radius 2 is 1.83 bits per heavy atom. The van der Waals surface area contributed by atoms with E-state index in [1.165, 1.54) is 0 Å². The standard InChI is InChI=1S/C15H16ClNS/c1-15(2,3)18-13-9-6-7-11(14(13)16)12-8-4-5-10-17-12/h4-10H,1-3H3. The van der Waals surface area contributed by atoms with Crippen LogP contribution in [0.2, 0.25) is 5.02 Å². The molecule has 0 unspecified atom stereocenters. The van der Waals surface area contributed by atoms with E-state index in [4.69, 9.17) is 11.6 Å². The van der Waals surface area contributed by atoms with Gasteiger partial charge < -0.3 is 0 Å². The fraction of sp³-hybridized carbons (Fsp3) is 0.267. The van der Waals surface area contributed by atoms with Crippen molar-refractivity contribution in [2.75, 3.05) is 0 Å². The van der Waals surface area contributed by atoms with Crippen LogP contribution in [0.5, 0.6) is 0 Å². The lowest BCUT2D eigenvalue weighted by Crippen LogP contribution is -2.06. The second-order valence-electron chi connectivity index (χ2n) is 5.05. The maximum atomic E-state index is 6.49. The number of nitrogens with zero attached hydrogens (tertiary/aromatic N) is 1. The maximum Gasteiger partial charge on any atom is 0.0717 e. The molecule has 0 aliphatic heterocycles. The summed E-state index contributed by atoms with van der Waals surface area (Å²) in [6.45, 7) is 6.55. The third-order valence-electron chi connectivity index (χ3n) is 2.32. The van der Waals surface area contributed by atoms with E-state index in [1.54, 1.807) is 18.0 Å². The van der Waals surface area contributed by atoms with E-state index in [2.05, 4.69) is 31.8 Å². The minimum Gasteiger partial charge on any atom is -0.256 e. The average molecular weight is 278 g/mol. The second kappa shape index (κ2) is 5.33. The molecule has 0 saturated carbocycles. The third-order valence-corrected chi connectivity index (χ3v) is 4.01. The number of pyridine rings is 1. The monoisotopic (exact) mass is 277 g/mol. The van der Waals surface area contributed by atoms with Crippen molar-refractivity contribution in [2.45, 2.75) is 30.4 Å². The SMILES string of the molecule is CC(C)(C)Sc1cccc(-c2ccccn2)c1Cl. The van der Waals surface area contributed by atoms with Gasteiger partial charge in [0.25, 0.3) is 0 Å². The van der Waals surface area contributed by atoms with Gasteiger partial charge in [0.2, 0.25) is 0 Å². The highest BCUT2D eigenvalue weighted by Gasteiger charge is 2.16. The molecule has 0 fully saturated rings. The summed E-state index contributed by atoms with van der Waals surface area (Å²) in [6, 6.07) is 12.0. The van der Waals surface area contributed by atoms with Gasteiger partial charge in [-0.05, 0) is 18.2 Å². The van der Waals surface area contributed by atoms with E-state index < -0.39 is 0 Å². The van der Waals surface area contributed by atoms with Crippen molar-refractivity contribution >= 4 is 23.4 Å². The summed E-state index contributed by atoms with van der Waals surface area (Å²) in [5, 5.41) is 0.788. The van der Waals surface area contributed by atoms with Crippen molar-refractivity contribution in [1.82, 2.24) is 4.98 Å². The molecular weight excluding hydrogens is 262 g/mol. The van der Waals surface area contributed by atoms with Gasteiger partial charge in [-0.3, -0.25) is 4.98 Å². The van der Waals surface area contributed by atoms with E-state index in [9.17, 15) is 0 Å². The topological polar surface area (TPSA) is 12.9 Å². The smallest absolute Gasteiger partial charge is 0.0717 e. The van der Waals surface area contributed by atoms with Gasteiger partial charge in [0.1, 0.15) is 0 Å². The highest BCUT2D eigenvalue weighted by molar-refractivity contribution is 8.00.